The third kappa shape index (κ3) is 3.65. The predicted molar refractivity (Wildman–Crippen MR) is 143 cm³/mol. The fourth-order valence-corrected chi connectivity index (χ4v) is 5.41. The molecule has 6 rings (SSSR count). The second-order valence-corrected chi connectivity index (χ2v) is 11.1. The van der Waals surface area contributed by atoms with Gasteiger partial charge in [0.05, 0.1) is 28.4 Å². The smallest absolute Gasteiger partial charge is 0.405 e. The summed E-state index contributed by atoms with van der Waals surface area (Å²) in [6.07, 6.45) is 3.40. The number of para-hydroxylation sites is 1. The van der Waals surface area contributed by atoms with Crippen LogP contribution in [-0.2, 0) is 14.9 Å². The molecule has 192 valence electrons. The second-order valence-electron chi connectivity index (χ2n) is 11.1. The first-order valence-electron chi connectivity index (χ1n) is 12.5. The third-order valence-electron chi connectivity index (χ3n) is 7.43. The molecule has 0 radical (unpaired) electrons. The molecule has 2 aliphatic rings. The molecule has 0 bridgehead atoms. The first kappa shape index (κ1) is 23.8. The van der Waals surface area contributed by atoms with E-state index in [1.54, 1.807) is 29.4 Å². The molecule has 1 aliphatic heterocycles. The van der Waals surface area contributed by atoms with Crippen molar-refractivity contribution in [1.82, 2.24) is 15.2 Å². The number of aromatic nitrogens is 3. The van der Waals surface area contributed by atoms with Crippen LogP contribution >= 0.6 is 0 Å². The number of nitrogens with zero attached hydrogens (tertiary/aromatic N) is 3. The van der Waals surface area contributed by atoms with Gasteiger partial charge in [-0.2, -0.15) is 5.10 Å². The second kappa shape index (κ2) is 8.24. The summed E-state index contributed by atoms with van der Waals surface area (Å²) in [6, 6.07) is 15.2. The number of rotatable bonds is 4. The van der Waals surface area contributed by atoms with Gasteiger partial charge in [-0.15, -0.1) is 0 Å². The van der Waals surface area contributed by atoms with Gasteiger partial charge in [-0.1, -0.05) is 51.1 Å². The molecule has 1 saturated carbocycles. The molecule has 38 heavy (non-hydrogen) atoms. The molecule has 3 heterocycles. The van der Waals surface area contributed by atoms with Crippen LogP contribution in [0.15, 0.2) is 65.7 Å². The minimum absolute atomic E-state index is 0.0750. The summed E-state index contributed by atoms with van der Waals surface area (Å²) < 4.78 is 5.40. The van der Waals surface area contributed by atoms with E-state index in [1.807, 2.05) is 57.2 Å². The highest BCUT2D eigenvalue weighted by Crippen LogP contribution is 2.58. The van der Waals surface area contributed by atoms with E-state index in [9.17, 15) is 14.4 Å². The SMILES string of the molecule is CC(C)(C)C(OC(N)=O)c1n[nH]c(=O)c2cc(-c3cncc(N4C(=O)C5(CC5)c5ccccc54)c3)ccc12. The number of pyridine rings is 1. The van der Waals surface area contributed by atoms with E-state index < -0.39 is 23.0 Å². The Hall–Kier alpha value is -4.53. The van der Waals surface area contributed by atoms with Gasteiger partial charge in [-0.25, -0.2) is 9.89 Å². The molecule has 9 heteroatoms. The minimum Gasteiger partial charge on any atom is -0.439 e. The fraction of sp³-hybridized carbons (Fsp3) is 0.276. The molecule has 2 aromatic carbocycles. The molecule has 2 amide bonds. The molecule has 1 atom stereocenters. The van der Waals surface area contributed by atoms with Gasteiger partial charge in [0, 0.05) is 22.6 Å². The number of H-pyrrole nitrogens is 1. The van der Waals surface area contributed by atoms with E-state index in [1.165, 1.54) is 0 Å². The number of carbonyl (C=O) groups is 2. The standard InChI is InChI=1S/C29H27N5O4/c1-28(2,3)24(38-27(30)37)23-19-9-8-16(13-20(19)25(35)33-32-23)17-12-18(15-31-14-17)34-22-7-5-4-6-21(22)29(10-11-29)26(34)36/h4-9,12-15,24H,10-11H2,1-3H3,(H2,30,37)(H,33,35). The molecule has 1 fully saturated rings. The molecule has 1 aliphatic carbocycles. The van der Waals surface area contributed by atoms with E-state index in [2.05, 4.69) is 15.2 Å². The van der Waals surface area contributed by atoms with Crippen molar-refractivity contribution < 1.29 is 14.3 Å². The van der Waals surface area contributed by atoms with Crippen molar-refractivity contribution in [3.8, 4) is 11.1 Å². The van der Waals surface area contributed by atoms with E-state index >= 15 is 0 Å². The highest BCUT2D eigenvalue weighted by atomic mass is 16.6. The van der Waals surface area contributed by atoms with Crippen LogP contribution in [0.1, 0.15) is 51.0 Å². The first-order valence-corrected chi connectivity index (χ1v) is 12.5. The first-order chi connectivity index (χ1) is 18.1. The maximum absolute atomic E-state index is 13.5. The van der Waals surface area contributed by atoms with Crippen molar-refractivity contribution in [3.05, 3.63) is 82.5 Å². The van der Waals surface area contributed by atoms with Crippen LogP contribution in [0.5, 0.6) is 0 Å². The van der Waals surface area contributed by atoms with E-state index in [-0.39, 0.29) is 11.5 Å². The third-order valence-corrected chi connectivity index (χ3v) is 7.43. The number of fused-ring (bicyclic) bond motifs is 3. The zero-order valence-corrected chi connectivity index (χ0v) is 21.3. The van der Waals surface area contributed by atoms with Crippen molar-refractivity contribution in [2.75, 3.05) is 4.90 Å². The number of anilines is 2. The molecule has 1 unspecified atom stereocenters. The number of amides is 2. The number of aromatic amines is 1. The molecular weight excluding hydrogens is 482 g/mol. The fourth-order valence-electron chi connectivity index (χ4n) is 5.41. The largest absolute Gasteiger partial charge is 0.439 e. The van der Waals surface area contributed by atoms with Gasteiger partial charge in [-0.05, 0) is 42.2 Å². The Morgan fingerprint density at radius 1 is 1.05 bits per heavy atom. The molecule has 3 N–H and O–H groups in total. The van der Waals surface area contributed by atoms with Gasteiger partial charge in [0.2, 0.25) is 5.91 Å². The number of nitrogens with one attached hydrogen (secondary N) is 1. The van der Waals surface area contributed by atoms with Crippen LogP contribution < -0.4 is 16.2 Å². The topological polar surface area (TPSA) is 131 Å². The zero-order valence-electron chi connectivity index (χ0n) is 21.3. The summed E-state index contributed by atoms with van der Waals surface area (Å²) >= 11 is 0. The number of ether oxygens (including phenoxy) is 1. The van der Waals surface area contributed by atoms with Gasteiger partial charge in [0.25, 0.3) is 5.56 Å². The van der Waals surface area contributed by atoms with Crippen molar-refractivity contribution in [2.24, 2.45) is 11.1 Å². The lowest BCUT2D eigenvalue weighted by atomic mass is 9.85. The lowest BCUT2D eigenvalue weighted by Crippen LogP contribution is -2.29. The molecule has 9 nitrogen and oxygen atoms in total. The quantitative estimate of drug-likeness (QED) is 0.403. The van der Waals surface area contributed by atoms with Crippen molar-refractivity contribution in [1.29, 1.82) is 0 Å². The number of carbonyl (C=O) groups excluding carboxylic acids is 2. The van der Waals surface area contributed by atoms with E-state index in [0.29, 0.717) is 22.2 Å². The molecule has 2 aromatic heterocycles. The Morgan fingerprint density at radius 3 is 2.53 bits per heavy atom. The maximum atomic E-state index is 13.5. The molecule has 1 spiro atoms. The van der Waals surface area contributed by atoms with E-state index in [4.69, 9.17) is 10.5 Å². The summed E-state index contributed by atoms with van der Waals surface area (Å²) in [5, 5.41) is 7.69. The van der Waals surface area contributed by atoms with Crippen LogP contribution in [0.4, 0.5) is 16.2 Å². The lowest BCUT2D eigenvalue weighted by Gasteiger charge is -2.29. The molecule has 4 aromatic rings. The maximum Gasteiger partial charge on any atom is 0.405 e. The molecule has 0 saturated heterocycles. The summed E-state index contributed by atoms with van der Waals surface area (Å²) in [5.41, 5.74) is 8.57. The minimum atomic E-state index is -0.920. The van der Waals surface area contributed by atoms with Gasteiger partial charge >= 0.3 is 6.09 Å². The van der Waals surface area contributed by atoms with Gasteiger partial charge in [0.15, 0.2) is 6.10 Å². The van der Waals surface area contributed by atoms with Crippen molar-refractivity contribution in [3.63, 3.8) is 0 Å². The van der Waals surface area contributed by atoms with Crippen LogP contribution in [0.25, 0.3) is 21.9 Å². The normalized spacial score (nSPS) is 16.5. The Labute approximate surface area is 218 Å². The average molecular weight is 510 g/mol. The molecular formula is C29H27N5O4. The summed E-state index contributed by atoms with van der Waals surface area (Å²) in [4.78, 5) is 44.1. The Bertz CT molecular complexity index is 1680. The van der Waals surface area contributed by atoms with Crippen LogP contribution in [0, 0.1) is 5.41 Å². The summed E-state index contributed by atoms with van der Waals surface area (Å²) in [6.45, 7) is 5.69. The van der Waals surface area contributed by atoms with Gasteiger partial charge in [-0.3, -0.25) is 19.5 Å². The Morgan fingerprint density at radius 2 is 1.82 bits per heavy atom. The summed E-state index contributed by atoms with van der Waals surface area (Å²) in [7, 11) is 0. The number of nitrogens with two attached hydrogens (primary N) is 1. The average Bonchev–Trinajstić information content (AvgIpc) is 3.65. The van der Waals surface area contributed by atoms with Crippen LogP contribution in [0.3, 0.4) is 0 Å². The van der Waals surface area contributed by atoms with Crippen molar-refractivity contribution >= 4 is 34.1 Å². The highest BCUT2D eigenvalue weighted by molar-refractivity contribution is 6.14. The van der Waals surface area contributed by atoms with Gasteiger partial charge in [0.1, 0.15) is 5.69 Å². The zero-order chi connectivity index (χ0) is 26.8. The number of primary amides is 1. The van der Waals surface area contributed by atoms with Crippen molar-refractivity contribution in [2.45, 2.75) is 45.1 Å². The van der Waals surface area contributed by atoms with Gasteiger partial charge < -0.3 is 10.5 Å². The van der Waals surface area contributed by atoms with Crippen LogP contribution in [0.2, 0.25) is 0 Å². The number of hydrogen-bond donors (Lipinski definition) is 2. The summed E-state index contributed by atoms with van der Waals surface area (Å²) in [5.74, 6) is 0.0750. The highest BCUT2D eigenvalue weighted by Gasteiger charge is 2.59. The van der Waals surface area contributed by atoms with E-state index in [0.717, 1.165) is 35.2 Å². The van der Waals surface area contributed by atoms with Crippen LogP contribution in [-0.4, -0.2) is 27.2 Å². The number of benzene rings is 2. The number of hydrogen-bond acceptors (Lipinski definition) is 6. The lowest BCUT2D eigenvalue weighted by molar-refractivity contribution is -0.119. The monoisotopic (exact) mass is 509 g/mol. The predicted octanol–water partition coefficient (Wildman–Crippen LogP) is 4.88. The Kier molecular flexibility index (Phi) is 5.17. The Balaban J connectivity index is 1.43.